The van der Waals surface area contributed by atoms with E-state index in [0.717, 1.165) is 38.4 Å². The van der Waals surface area contributed by atoms with Crippen LogP contribution in [-0.2, 0) is 0 Å². The summed E-state index contributed by atoms with van der Waals surface area (Å²) in [6.45, 7) is 3.25. The number of nitrogens with one attached hydrogen (secondary N) is 1. The van der Waals surface area contributed by atoms with Crippen LogP contribution in [0, 0.1) is 11.8 Å². The number of piperidine rings is 1. The van der Waals surface area contributed by atoms with Gasteiger partial charge >= 0.3 is 6.18 Å². The minimum atomic E-state index is -3.98. The summed E-state index contributed by atoms with van der Waals surface area (Å²) in [5.74, 6) is -0.319. The Bertz CT molecular complexity index is 296. The highest BCUT2D eigenvalue weighted by Gasteiger charge is 2.44. The number of likely N-dealkylation sites (tertiary alicyclic amines) is 1. The molecule has 3 aliphatic rings. The van der Waals surface area contributed by atoms with Crippen molar-refractivity contribution < 1.29 is 13.2 Å². The molecule has 1 aliphatic carbocycles. The summed E-state index contributed by atoms with van der Waals surface area (Å²) in [6.07, 6.45) is 0.654. The summed E-state index contributed by atoms with van der Waals surface area (Å²) < 4.78 is 38.0. The number of nitrogens with zero attached hydrogens (tertiary/aromatic N) is 1. The van der Waals surface area contributed by atoms with Gasteiger partial charge in [0.25, 0.3) is 0 Å². The molecule has 3 rings (SSSR count). The fourth-order valence-electron chi connectivity index (χ4n) is 4.15. The molecule has 5 heteroatoms. The van der Waals surface area contributed by atoms with Gasteiger partial charge in [0.05, 0.1) is 5.92 Å². The van der Waals surface area contributed by atoms with E-state index < -0.39 is 12.1 Å². The molecule has 110 valence electrons. The molecule has 2 saturated heterocycles. The van der Waals surface area contributed by atoms with Crippen molar-refractivity contribution in [1.29, 1.82) is 0 Å². The van der Waals surface area contributed by atoms with Crippen LogP contribution in [0.5, 0.6) is 0 Å². The van der Waals surface area contributed by atoms with Crippen LogP contribution in [0.1, 0.15) is 38.5 Å². The van der Waals surface area contributed by atoms with Crippen LogP contribution in [0.4, 0.5) is 13.2 Å². The van der Waals surface area contributed by atoms with Gasteiger partial charge in [0.2, 0.25) is 0 Å². The first-order chi connectivity index (χ1) is 9.04. The Morgan fingerprint density at radius 1 is 0.947 bits per heavy atom. The van der Waals surface area contributed by atoms with Crippen molar-refractivity contribution in [2.45, 2.75) is 56.8 Å². The van der Waals surface area contributed by atoms with Crippen molar-refractivity contribution in [2.75, 3.05) is 19.6 Å². The average Bonchev–Trinajstić information content (AvgIpc) is 2.81. The fraction of sp³-hybridized carbons (Fsp3) is 1.00. The normalized spacial score (nSPS) is 41.2. The lowest BCUT2D eigenvalue weighted by atomic mass is 9.85. The zero-order chi connectivity index (χ0) is 13.5. The van der Waals surface area contributed by atoms with Crippen LogP contribution in [0.3, 0.4) is 0 Å². The summed E-state index contributed by atoms with van der Waals surface area (Å²) in [5.41, 5.74) is 0. The molecule has 19 heavy (non-hydrogen) atoms. The molecule has 2 aliphatic heterocycles. The number of hydrogen-bond acceptors (Lipinski definition) is 2. The van der Waals surface area contributed by atoms with Crippen molar-refractivity contribution >= 4 is 0 Å². The van der Waals surface area contributed by atoms with E-state index in [2.05, 4.69) is 10.2 Å². The molecule has 0 radical (unpaired) electrons. The maximum atomic E-state index is 12.7. The molecule has 0 unspecified atom stereocenters. The average molecular weight is 276 g/mol. The van der Waals surface area contributed by atoms with Gasteiger partial charge in [-0.15, -0.1) is 0 Å². The largest absolute Gasteiger partial charge is 0.391 e. The third-order valence-electron chi connectivity index (χ3n) is 5.30. The van der Waals surface area contributed by atoms with Gasteiger partial charge in [-0.3, -0.25) is 4.90 Å². The van der Waals surface area contributed by atoms with Gasteiger partial charge in [-0.2, -0.15) is 13.2 Å². The van der Waals surface area contributed by atoms with E-state index in [1.807, 2.05) is 0 Å². The molecule has 0 aromatic carbocycles. The van der Waals surface area contributed by atoms with Gasteiger partial charge in [-0.05, 0) is 51.0 Å². The van der Waals surface area contributed by atoms with Crippen molar-refractivity contribution in [2.24, 2.45) is 11.8 Å². The SMILES string of the molecule is FC(F)(F)C1CCC(N2C[C@@H]3CCCN[C@@H]3C2)CC1. The van der Waals surface area contributed by atoms with Crippen LogP contribution in [0.15, 0.2) is 0 Å². The first-order valence-corrected chi connectivity index (χ1v) is 7.58. The van der Waals surface area contributed by atoms with Gasteiger partial charge < -0.3 is 5.32 Å². The molecule has 1 N–H and O–H groups in total. The molecule has 0 aromatic rings. The molecular weight excluding hydrogens is 253 g/mol. The molecule has 0 amide bonds. The zero-order valence-electron chi connectivity index (χ0n) is 11.3. The maximum absolute atomic E-state index is 12.7. The predicted octanol–water partition coefficient (Wildman–Crippen LogP) is 2.79. The topological polar surface area (TPSA) is 15.3 Å². The molecule has 2 nitrogen and oxygen atoms in total. The van der Waals surface area contributed by atoms with E-state index in [1.165, 1.54) is 12.8 Å². The highest BCUT2D eigenvalue weighted by atomic mass is 19.4. The first-order valence-electron chi connectivity index (χ1n) is 7.58. The third kappa shape index (κ3) is 2.92. The monoisotopic (exact) mass is 276 g/mol. The van der Waals surface area contributed by atoms with E-state index >= 15 is 0 Å². The fourth-order valence-corrected chi connectivity index (χ4v) is 4.15. The van der Waals surface area contributed by atoms with E-state index in [9.17, 15) is 13.2 Å². The van der Waals surface area contributed by atoms with Crippen LogP contribution in [0.2, 0.25) is 0 Å². The Kier molecular flexibility index (Phi) is 3.78. The molecule has 0 bridgehead atoms. The second-order valence-corrected chi connectivity index (χ2v) is 6.46. The summed E-state index contributed by atoms with van der Waals surface area (Å²) in [5, 5.41) is 3.56. The molecule has 0 aromatic heterocycles. The lowest BCUT2D eigenvalue weighted by molar-refractivity contribution is -0.184. The number of halogens is 3. The highest BCUT2D eigenvalue weighted by molar-refractivity contribution is 4.95. The first kappa shape index (κ1) is 13.7. The van der Waals surface area contributed by atoms with Gasteiger partial charge in [0, 0.05) is 25.2 Å². The Balaban J connectivity index is 1.52. The number of rotatable bonds is 1. The van der Waals surface area contributed by atoms with Gasteiger partial charge in [0.1, 0.15) is 0 Å². The Hall–Kier alpha value is -0.290. The van der Waals surface area contributed by atoms with E-state index in [1.54, 1.807) is 0 Å². The maximum Gasteiger partial charge on any atom is 0.391 e. The van der Waals surface area contributed by atoms with E-state index in [0.29, 0.717) is 24.9 Å². The standard InChI is InChI=1S/C14H23F3N2/c15-14(16,17)11-3-5-12(6-4-11)19-8-10-2-1-7-18-13(10)9-19/h10-13,18H,1-9H2/t10-,11?,12?,13+/m0/s1. The smallest absolute Gasteiger partial charge is 0.312 e. The number of alkyl halides is 3. The van der Waals surface area contributed by atoms with E-state index in [4.69, 9.17) is 0 Å². The molecule has 2 atom stereocenters. The van der Waals surface area contributed by atoms with Crippen molar-refractivity contribution in [3.63, 3.8) is 0 Å². The van der Waals surface area contributed by atoms with Gasteiger partial charge in [0.15, 0.2) is 0 Å². The van der Waals surface area contributed by atoms with Crippen LogP contribution >= 0.6 is 0 Å². The van der Waals surface area contributed by atoms with Crippen molar-refractivity contribution in [3.8, 4) is 0 Å². The summed E-state index contributed by atoms with van der Waals surface area (Å²) in [4.78, 5) is 2.46. The summed E-state index contributed by atoms with van der Waals surface area (Å²) in [6, 6.07) is 0.986. The lowest BCUT2D eigenvalue weighted by Gasteiger charge is -2.35. The van der Waals surface area contributed by atoms with Crippen LogP contribution in [-0.4, -0.2) is 42.8 Å². The molecule has 1 saturated carbocycles. The molecule has 0 spiro atoms. The Morgan fingerprint density at radius 2 is 1.68 bits per heavy atom. The van der Waals surface area contributed by atoms with Crippen LogP contribution < -0.4 is 5.32 Å². The third-order valence-corrected chi connectivity index (χ3v) is 5.30. The minimum absolute atomic E-state index is 0.327. The second-order valence-electron chi connectivity index (χ2n) is 6.46. The van der Waals surface area contributed by atoms with Crippen LogP contribution in [0.25, 0.3) is 0 Å². The van der Waals surface area contributed by atoms with Gasteiger partial charge in [-0.1, -0.05) is 0 Å². The highest BCUT2D eigenvalue weighted by Crippen LogP contribution is 2.40. The second kappa shape index (κ2) is 5.24. The molecule has 3 fully saturated rings. The van der Waals surface area contributed by atoms with Gasteiger partial charge in [-0.25, -0.2) is 0 Å². The summed E-state index contributed by atoms with van der Waals surface area (Å²) in [7, 11) is 0. The Labute approximate surface area is 112 Å². The van der Waals surface area contributed by atoms with E-state index in [-0.39, 0.29) is 0 Å². The Morgan fingerprint density at radius 3 is 2.32 bits per heavy atom. The number of hydrogen-bond donors (Lipinski definition) is 1. The predicted molar refractivity (Wildman–Crippen MR) is 67.9 cm³/mol. The lowest BCUT2D eigenvalue weighted by Crippen LogP contribution is -2.42. The molecular formula is C14H23F3N2. The molecule has 2 heterocycles. The quantitative estimate of drug-likeness (QED) is 0.792. The zero-order valence-corrected chi connectivity index (χ0v) is 11.3. The van der Waals surface area contributed by atoms with Crippen molar-refractivity contribution in [3.05, 3.63) is 0 Å². The number of fused-ring (bicyclic) bond motifs is 1. The minimum Gasteiger partial charge on any atom is -0.312 e. The summed E-state index contributed by atoms with van der Waals surface area (Å²) >= 11 is 0. The van der Waals surface area contributed by atoms with Crippen molar-refractivity contribution in [1.82, 2.24) is 10.2 Å².